The summed E-state index contributed by atoms with van der Waals surface area (Å²) in [6.45, 7) is 0.425. The number of benzene rings is 1. The van der Waals surface area contributed by atoms with Crippen LogP contribution >= 0.6 is 12.4 Å². The minimum atomic E-state index is -1.01. The second kappa shape index (κ2) is 10.4. The standard InChI is InChI=1S/C18H19FN6O3.ClH/c19-15-9-13(18-22-24-25(23-18)11-14(20)10-17(26)27)1-2-16(15)28-8-5-12-3-6-21-7-4-12;/h1-4,6-7,9,14H,5,8,10-11,20H2,(H,26,27);1H. The van der Waals surface area contributed by atoms with Gasteiger partial charge < -0.3 is 15.6 Å². The number of carboxylic acid groups (broad SMARTS) is 1. The number of rotatable bonds is 9. The number of nitrogens with zero attached hydrogens (tertiary/aromatic N) is 5. The normalized spacial score (nSPS) is 11.5. The van der Waals surface area contributed by atoms with Crippen molar-refractivity contribution in [1.29, 1.82) is 0 Å². The second-order valence-corrected chi connectivity index (χ2v) is 6.12. The number of hydrogen-bond acceptors (Lipinski definition) is 7. The van der Waals surface area contributed by atoms with Crippen LogP contribution in [0.1, 0.15) is 12.0 Å². The van der Waals surface area contributed by atoms with E-state index in [4.69, 9.17) is 15.6 Å². The molecule has 0 saturated heterocycles. The van der Waals surface area contributed by atoms with E-state index in [1.54, 1.807) is 18.5 Å². The summed E-state index contributed by atoms with van der Waals surface area (Å²) in [6.07, 6.45) is 3.81. The number of nitrogens with two attached hydrogens (primary N) is 1. The Labute approximate surface area is 172 Å². The highest BCUT2D eigenvalue weighted by atomic mass is 35.5. The van der Waals surface area contributed by atoms with E-state index in [9.17, 15) is 9.18 Å². The van der Waals surface area contributed by atoms with Crippen LogP contribution in [0.2, 0.25) is 0 Å². The Bertz CT molecular complexity index is 940. The van der Waals surface area contributed by atoms with Crippen LogP contribution in [-0.4, -0.2) is 48.9 Å². The van der Waals surface area contributed by atoms with Gasteiger partial charge >= 0.3 is 5.97 Å². The first-order valence-electron chi connectivity index (χ1n) is 8.58. The van der Waals surface area contributed by atoms with Crippen LogP contribution < -0.4 is 10.5 Å². The molecule has 0 spiro atoms. The van der Waals surface area contributed by atoms with Crippen molar-refractivity contribution in [2.45, 2.75) is 25.4 Å². The third kappa shape index (κ3) is 6.47. The van der Waals surface area contributed by atoms with E-state index in [0.717, 1.165) is 5.56 Å². The molecular weight excluding hydrogens is 403 g/mol. The lowest BCUT2D eigenvalue weighted by Crippen LogP contribution is -2.30. The van der Waals surface area contributed by atoms with Gasteiger partial charge in [-0.05, 0) is 41.1 Å². The number of ether oxygens (including phenoxy) is 1. The van der Waals surface area contributed by atoms with Gasteiger partial charge in [0.05, 0.1) is 19.6 Å². The molecule has 1 aromatic carbocycles. The highest BCUT2D eigenvalue weighted by Crippen LogP contribution is 2.23. The van der Waals surface area contributed by atoms with Crippen molar-refractivity contribution in [2.24, 2.45) is 5.73 Å². The molecule has 11 heteroatoms. The summed E-state index contributed by atoms with van der Waals surface area (Å²) in [5, 5.41) is 20.5. The van der Waals surface area contributed by atoms with E-state index in [0.29, 0.717) is 18.6 Å². The molecule has 0 aliphatic rings. The Morgan fingerprint density at radius 3 is 2.72 bits per heavy atom. The summed E-state index contributed by atoms with van der Waals surface area (Å²) >= 11 is 0. The zero-order valence-electron chi connectivity index (χ0n) is 15.3. The van der Waals surface area contributed by atoms with Gasteiger partial charge in [-0.3, -0.25) is 9.78 Å². The fourth-order valence-corrected chi connectivity index (χ4v) is 2.52. The zero-order chi connectivity index (χ0) is 19.9. The van der Waals surface area contributed by atoms with Gasteiger partial charge in [0.25, 0.3) is 0 Å². The smallest absolute Gasteiger partial charge is 0.304 e. The van der Waals surface area contributed by atoms with Crippen molar-refractivity contribution in [1.82, 2.24) is 25.2 Å². The molecule has 0 fully saturated rings. The van der Waals surface area contributed by atoms with E-state index >= 15 is 0 Å². The maximum atomic E-state index is 14.3. The highest BCUT2D eigenvalue weighted by Gasteiger charge is 2.14. The lowest BCUT2D eigenvalue weighted by molar-refractivity contribution is -0.137. The fourth-order valence-electron chi connectivity index (χ4n) is 2.52. The van der Waals surface area contributed by atoms with Crippen LogP contribution in [0.15, 0.2) is 42.7 Å². The number of carboxylic acids is 1. The van der Waals surface area contributed by atoms with Crippen molar-refractivity contribution >= 4 is 18.4 Å². The van der Waals surface area contributed by atoms with Gasteiger partial charge in [0, 0.05) is 30.4 Å². The topological polar surface area (TPSA) is 129 Å². The monoisotopic (exact) mass is 422 g/mol. The van der Waals surface area contributed by atoms with Crippen LogP contribution in [0, 0.1) is 5.82 Å². The van der Waals surface area contributed by atoms with E-state index in [1.165, 1.54) is 16.9 Å². The molecule has 0 aliphatic heterocycles. The van der Waals surface area contributed by atoms with E-state index in [1.807, 2.05) is 12.1 Å². The van der Waals surface area contributed by atoms with Crippen molar-refractivity contribution < 1.29 is 19.0 Å². The van der Waals surface area contributed by atoms with Gasteiger partial charge in [-0.15, -0.1) is 22.6 Å². The Hall–Kier alpha value is -3.11. The average molecular weight is 423 g/mol. The first kappa shape index (κ1) is 22.2. The largest absolute Gasteiger partial charge is 0.490 e. The summed E-state index contributed by atoms with van der Waals surface area (Å²) in [6, 6.07) is 7.51. The van der Waals surface area contributed by atoms with Crippen molar-refractivity contribution in [2.75, 3.05) is 6.61 Å². The van der Waals surface area contributed by atoms with Gasteiger partial charge in [-0.25, -0.2) is 4.39 Å². The molecular formula is C18H20ClFN6O3. The molecule has 0 amide bonds. The zero-order valence-corrected chi connectivity index (χ0v) is 16.1. The molecule has 0 bridgehead atoms. The number of hydrogen-bond donors (Lipinski definition) is 2. The molecule has 154 valence electrons. The summed E-state index contributed by atoms with van der Waals surface area (Å²) in [4.78, 5) is 15.8. The van der Waals surface area contributed by atoms with Crippen molar-refractivity contribution in [3.8, 4) is 17.1 Å². The van der Waals surface area contributed by atoms with Crippen LogP contribution in [-0.2, 0) is 17.8 Å². The molecule has 3 aromatic rings. The second-order valence-electron chi connectivity index (χ2n) is 6.12. The van der Waals surface area contributed by atoms with Crippen LogP contribution in [0.3, 0.4) is 0 Å². The Kier molecular flexibility index (Phi) is 7.98. The third-order valence-electron chi connectivity index (χ3n) is 3.88. The number of tetrazole rings is 1. The van der Waals surface area contributed by atoms with Crippen LogP contribution in [0.25, 0.3) is 11.4 Å². The lowest BCUT2D eigenvalue weighted by atomic mass is 10.2. The summed E-state index contributed by atoms with van der Waals surface area (Å²) in [5.41, 5.74) is 7.18. The molecule has 2 aromatic heterocycles. The molecule has 1 unspecified atom stereocenters. The number of halogens is 2. The maximum Gasteiger partial charge on any atom is 0.304 e. The van der Waals surface area contributed by atoms with Gasteiger partial charge in [-0.1, -0.05) is 0 Å². The molecule has 9 nitrogen and oxygen atoms in total. The predicted octanol–water partition coefficient (Wildman–Crippen LogP) is 1.72. The summed E-state index contributed by atoms with van der Waals surface area (Å²) < 4.78 is 19.8. The van der Waals surface area contributed by atoms with Crippen molar-refractivity contribution in [3.05, 3.63) is 54.1 Å². The van der Waals surface area contributed by atoms with Gasteiger partial charge in [0.1, 0.15) is 0 Å². The average Bonchev–Trinajstić information content (AvgIpc) is 3.11. The SMILES string of the molecule is Cl.NC(CC(=O)O)Cn1nnc(-c2ccc(OCCc3ccncc3)c(F)c2)n1. The molecule has 1 atom stereocenters. The van der Waals surface area contributed by atoms with E-state index < -0.39 is 17.8 Å². The van der Waals surface area contributed by atoms with E-state index in [-0.39, 0.29) is 36.9 Å². The Morgan fingerprint density at radius 1 is 1.28 bits per heavy atom. The Balaban J connectivity index is 0.00000300. The Morgan fingerprint density at radius 2 is 2.03 bits per heavy atom. The summed E-state index contributed by atoms with van der Waals surface area (Å²) in [7, 11) is 0. The van der Waals surface area contributed by atoms with Gasteiger partial charge in [0.15, 0.2) is 11.6 Å². The molecule has 3 rings (SSSR count). The first-order valence-corrected chi connectivity index (χ1v) is 8.58. The highest BCUT2D eigenvalue weighted by molar-refractivity contribution is 5.85. The number of aromatic nitrogens is 5. The molecule has 0 saturated carbocycles. The van der Waals surface area contributed by atoms with Crippen LogP contribution in [0.5, 0.6) is 5.75 Å². The molecule has 3 N–H and O–H groups in total. The quantitative estimate of drug-likeness (QED) is 0.533. The number of carbonyl (C=O) groups is 1. The fraction of sp³-hybridized carbons (Fsp3) is 0.278. The van der Waals surface area contributed by atoms with Crippen LogP contribution in [0.4, 0.5) is 4.39 Å². The first-order chi connectivity index (χ1) is 13.5. The minimum absolute atomic E-state index is 0. The third-order valence-corrected chi connectivity index (χ3v) is 3.88. The minimum Gasteiger partial charge on any atom is -0.490 e. The number of aliphatic carboxylic acids is 1. The molecule has 29 heavy (non-hydrogen) atoms. The van der Waals surface area contributed by atoms with Crippen molar-refractivity contribution in [3.63, 3.8) is 0 Å². The summed E-state index contributed by atoms with van der Waals surface area (Å²) in [5.74, 6) is -1.20. The number of pyridine rings is 1. The molecule has 0 radical (unpaired) electrons. The van der Waals surface area contributed by atoms with Gasteiger partial charge in [0.2, 0.25) is 5.82 Å². The predicted molar refractivity (Wildman–Crippen MR) is 104 cm³/mol. The van der Waals surface area contributed by atoms with Gasteiger partial charge in [-0.2, -0.15) is 4.80 Å². The lowest BCUT2D eigenvalue weighted by Gasteiger charge is -2.08. The molecule has 0 aliphatic carbocycles. The maximum absolute atomic E-state index is 14.3. The molecule has 2 heterocycles. The van der Waals surface area contributed by atoms with E-state index in [2.05, 4.69) is 20.4 Å².